The molecule has 61 heavy (non-hydrogen) atoms. The molecule has 7 heterocycles. The average Bonchev–Trinajstić information content (AvgIpc) is 3.68. The Labute approximate surface area is 345 Å². The summed E-state index contributed by atoms with van der Waals surface area (Å²) < 4.78 is 41.7. The van der Waals surface area contributed by atoms with E-state index in [9.17, 15) is 51.9 Å². The highest BCUT2D eigenvalue weighted by Gasteiger charge is 2.30. The maximum Gasteiger partial charge on any atom is 0.336 e. The van der Waals surface area contributed by atoms with Gasteiger partial charge in [0.1, 0.15) is 28.9 Å². The number of nitrogens with one attached hydrogen (secondary N) is 3. The Morgan fingerprint density at radius 1 is 0.492 bits per heavy atom. The zero-order valence-corrected chi connectivity index (χ0v) is 32.2. The predicted octanol–water partition coefficient (Wildman–Crippen LogP) is 3.47. The van der Waals surface area contributed by atoms with Crippen LogP contribution in [0.25, 0.3) is 0 Å². The lowest BCUT2D eigenvalue weighted by Crippen LogP contribution is -2.38. The number of halogens is 2. The lowest BCUT2D eigenvalue weighted by molar-refractivity contribution is -0.121. The first-order valence-electron chi connectivity index (χ1n) is 18.2. The van der Waals surface area contributed by atoms with Gasteiger partial charge in [0.2, 0.25) is 17.7 Å². The van der Waals surface area contributed by atoms with Gasteiger partial charge in [0.15, 0.2) is 0 Å². The number of fused-ring (bicyclic) bond motifs is 3. The summed E-state index contributed by atoms with van der Waals surface area (Å²) in [6.45, 7) is 0. The van der Waals surface area contributed by atoms with E-state index in [1.54, 1.807) is 41.7 Å². The van der Waals surface area contributed by atoms with Gasteiger partial charge in [-0.1, -0.05) is 30.3 Å². The summed E-state index contributed by atoms with van der Waals surface area (Å²) >= 11 is 1.55. The molecule has 3 aliphatic rings. The molecule has 2 aromatic carbocycles. The van der Waals surface area contributed by atoms with Gasteiger partial charge in [-0.15, -0.1) is 0 Å². The van der Waals surface area contributed by atoms with Crippen molar-refractivity contribution in [3.8, 4) is 0 Å². The monoisotopic (exact) mass is 849 g/mol. The van der Waals surface area contributed by atoms with Crippen molar-refractivity contribution in [1.29, 1.82) is 0 Å². The summed E-state index contributed by atoms with van der Waals surface area (Å²) in [5, 5.41) is 10.5. The molecule has 0 bridgehead atoms. The van der Waals surface area contributed by atoms with Crippen LogP contribution in [0.5, 0.6) is 0 Å². The number of rotatable bonds is 6. The van der Waals surface area contributed by atoms with Crippen molar-refractivity contribution in [2.24, 2.45) is 0 Å². The summed E-state index contributed by atoms with van der Waals surface area (Å²) in [5.41, 5.74) is 2.13. The van der Waals surface area contributed by atoms with Gasteiger partial charge in [-0.2, -0.15) is 11.3 Å². The first-order valence-corrected chi connectivity index (χ1v) is 19.1. The summed E-state index contributed by atoms with van der Waals surface area (Å²) in [5.74, 6) is -3.80. The smallest absolute Gasteiger partial charge is 0.336 e. The van der Waals surface area contributed by atoms with Crippen LogP contribution in [0, 0.1) is 11.6 Å². The van der Waals surface area contributed by atoms with Crippen molar-refractivity contribution >= 4 is 46.8 Å². The fourth-order valence-electron chi connectivity index (χ4n) is 6.86. The van der Waals surface area contributed by atoms with Crippen LogP contribution in [0.15, 0.2) is 111 Å². The Kier molecular flexibility index (Phi) is 12.0. The molecule has 6 aromatic rings. The highest BCUT2D eigenvalue weighted by atomic mass is 32.1. The lowest BCUT2D eigenvalue weighted by atomic mass is 9.96. The lowest BCUT2D eigenvalue weighted by Gasteiger charge is -2.16. The van der Waals surface area contributed by atoms with E-state index in [1.807, 2.05) is 16.8 Å². The summed E-state index contributed by atoms with van der Waals surface area (Å²) in [4.78, 5) is 104. The second-order valence-corrected chi connectivity index (χ2v) is 14.5. The summed E-state index contributed by atoms with van der Waals surface area (Å²) in [7, 11) is 0. The molecule has 3 N–H and O–H groups in total. The molecule has 0 saturated heterocycles. The van der Waals surface area contributed by atoms with Crippen molar-refractivity contribution in [1.82, 2.24) is 16.0 Å². The zero-order chi connectivity index (χ0) is 43.4. The third-order valence-electron chi connectivity index (χ3n) is 9.35. The van der Waals surface area contributed by atoms with Gasteiger partial charge >= 0.3 is 16.9 Å². The van der Waals surface area contributed by atoms with E-state index in [4.69, 9.17) is 13.3 Å². The Morgan fingerprint density at radius 3 is 1.39 bits per heavy atom. The topological polar surface area (TPSA) is 229 Å². The second kappa shape index (κ2) is 17.6. The molecule has 6 amide bonds. The predicted molar refractivity (Wildman–Crippen MR) is 209 cm³/mol. The first-order chi connectivity index (χ1) is 29.2. The van der Waals surface area contributed by atoms with E-state index in [1.165, 1.54) is 30.3 Å². The van der Waals surface area contributed by atoms with E-state index in [0.29, 0.717) is 39.8 Å². The van der Waals surface area contributed by atoms with Crippen LogP contribution in [0.1, 0.15) is 81.7 Å². The fourth-order valence-corrected chi connectivity index (χ4v) is 7.53. The first kappa shape index (κ1) is 41.4. The number of hydrogen-bond donors (Lipinski definition) is 3. The highest BCUT2D eigenvalue weighted by Crippen LogP contribution is 2.24. The molecule has 0 aliphatic carbocycles. The summed E-state index contributed by atoms with van der Waals surface area (Å²) in [6.07, 6.45) is 0.330. The van der Waals surface area contributed by atoms with E-state index < -0.39 is 64.0 Å². The third kappa shape index (κ3) is 9.77. The van der Waals surface area contributed by atoms with Gasteiger partial charge in [-0.05, 0) is 81.2 Å². The summed E-state index contributed by atoms with van der Waals surface area (Å²) in [6, 6.07) is 17.6. The normalized spacial score (nSPS) is 13.9. The number of carbonyl (C=O) groups excluding carboxylic acids is 6. The Balaban J connectivity index is 0.000000138. The van der Waals surface area contributed by atoms with Crippen LogP contribution in [0.4, 0.5) is 8.78 Å². The van der Waals surface area contributed by atoms with Crippen molar-refractivity contribution in [3.05, 3.63) is 194 Å². The van der Waals surface area contributed by atoms with Crippen molar-refractivity contribution in [2.75, 3.05) is 0 Å². The van der Waals surface area contributed by atoms with Crippen molar-refractivity contribution in [2.45, 2.75) is 38.5 Å². The number of hydrogen-bond acceptors (Lipinski definition) is 13. The quantitative estimate of drug-likeness (QED) is 0.205. The Hall–Kier alpha value is -7.73. The minimum absolute atomic E-state index is 0.0302. The van der Waals surface area contributed by atoms with Gasteiger partial charge in [0, 0.05) is 24.6 Å². The van der Waals surface area contributed by atoms with Crippen molar-refractivity contribution in [3.63, 3.8) is 0 Å². The Morgan fingerprint density at radius 2 is 0.951 bits per heavy atom. The van der Waals surface area contributed by atoms with Gasteiger partial charge in [-0.3, -0.25) is 44.7 Å². The standard InChI is InChI=1S/2C15H10FNO4.C13H9NO4S/c16-10-3-1-2-8(5-10)4-9-6-13(19)21-11-7-12(18)17-15(20)14(9)11;16-10-4-2-1-3-8(10)5-9-6-13(19)21-11-7-12(18)17-15(20)14(9)11;15-10-5-9-12(13(17)14-10)8(4-11(16)18-9)3-7-1-2-19-6-7/h1-3,5-6H,4,7H2,(H,17,18,20);1-4,6H,5,7H2,(H,17,18,20);1-2,4,6H,3,5H2,(H,14,15,17). The molecule has 0 atom stereocenters. The second-order valence-electron chi connectivity index (χ2n) is 13.7. The minimum Gasteiger partial charge on any atom is -0.426 e. The van der Waals surface area contributed by atoms with Gasteiger partial charge in [0.05, 0.1) is 36.0 Å². The highest BCUT2D eigenvalue weighted by molar-refractivity contribution is 7.07. The van der Waals surface area contributed by atoms with Crippen molar-refractivity contribution < 1.29 is 50.8 Å². The fraction of sp³-hybridized carbons (Fsp3) is 0.140. The number of carbonyl (C=O) groups is 6. The average molecular weight is 850 g/mol. The molecule has 15 nitrogen and oxygen atoms in total. The van der Waals surface area contributed by atoms with E-state index in [-0.39, 0.29) is 60.5 Å². The molecule has 3 aliphatic heterocycles. The molecule has 0 unspecified atom stereocenters. The van der Waals surface area contributed by atoms with Crippen LogP contribution in [0.2, 0.25) is 0 Å². The zero-order valence-electron chi connectivity index (χ0n) is 31.4. The van der Waals surface area contributed by atoms with Gasteiger partial charge < -0.3 is 13.3 Å². The number of amides is 6. The van der Waals surface area contributed by atoms with E-state index in [0.717, 1.165) is 11.6 Å². The minimum atomic E-state index is -0.664. The molecule has 0 radical (unpaired) electrons. The number of imide groups is 3. The maximum absolute atomic E-state index is 13.7. The SMILES string of the molecule is O=C1Cc2oc(=O)cc(Cc3cccc(F)c3)c2C(=O)N1.O=C1Cc2oc(=O)cc(Cc3ccccc3F)c2C(=O)N1.O=C1Cc2oc(=O)cc(Cc3ccsc3)c2C(=O)N1. The van der Waals surface area contributed by atoms with Crippen LogP contribution in [0.3, 0.4) is 0 Å². The molecule has 0 saturated carbocycles. The molecule has 308 valence electrons. The third-order valence-corrected chi connectivity index (χ3v) is 10.1. The Bertz CT molecular complexity index is 2970. The molecular weight excluding hydrogens is 821 g/mol. The van der Waals surface area contributed by atoms with E-state index in [2.05, 4.69) is 16.0 Å². The van der Waals surface area contributed by atoms with Gasteiger partial charge in [-0.25, -0.2) is 23.2 Å². The molecule has 18 heteroatoms. The molecule has 9 rings (SSSR count). The van der Waals surface area contributed by atoms with Crippen LogP contribution < -0.4 is 32.8 Å². The largest absolute Gasteiger partial charge is 0.426 e. The molecule has 4 aromatic heterocycles. The van der Waals surface area contributed by atoms with Crippen LogP contribution >= 0.6 is 11.3 Å². The van der Waals surface area contributed by atoms with Crippen LogP contribution in [-0.4, -0.2) is 35.4 Å². The molecule has 0 fully saturated rings. The number of thiophene rings is 1. The maximum atomic E-state index is 13.7. The molecule has 0 spiro atoms. The van der Waals surface area contributed by atoms with Crippen LogP contribution in [-0.2, 0) is 52.9 Å². The van der Waals surface area contributed by atoms with E-state index >= 15 is 0 Å². The number of benzene rings is 2. The van der Waals surface area contributed by atoms with Gasteiger partial charge in [0.25, 0.3) is 17.7 Å². The molecular formula is C43H29F2N3O12S.